The van der Waals surface area contributed by atoms with Crippen molar-refractivity contribution < 1.29 is 4.48 Å². The Hall–Kier alpha value is -0.300. The van der Waals surface area contributed by atoms with Gasteiger partial charge in [-0.15, -0.1) is 0 Å². The van der Waals surface area contributed by atoms with E-state index in [0.717, 1.165) is 28.8 Å². The van der Waals surface area contributed by atoms with Gasteiger partial charge in [0.25, 0.3) is 0 Å². The fourth-order valence-corrected chi connectivity index (χ4v) is 3.24. The van der Waals surface area contributed by atoms with Crippen molar-refractivity contribution in [3.63, 3.8) is 0 Å². The first kappa shape index (κ1) is 23.7. The molecule has 0 saturated heterocycles. The molecule has 0 heterocycles. The number of likely N-dealkylation sites (N-methyl/N-ethyl adjacent to an activating group) is 1. The van der Waals surface area contributed by atoms with Crippen LogP contribution in [0.2, 0.25) is 0 Å². The summed E-state index contributed by atoms with van der Waals surface area (Å²) in [4.78, 5) is 0. The van der Waals surface area contributed by atoms with E-state index in [1.807, 2.05) is 0 Å². The smallest absolute Gasteiger partial charge is 0.0970 e. The third-order valence-electron chi connectivity index (χ3n) is 5.13. The summed E-state index contributed by atoms with van der Waals surface area (Å²) >= 11 is 0. The molecule has 0 aromatic rings. The predicted molar refractivity (Wildman–Crippen MR) is 111 cm³/mol. The zero-order valence-electron chi connectivity index (χ0n) is 18.3. The van der Waals surface area contributed by atoms with Crippen molar-refractivity contribution in [1.82, 2.24) is 0 Å². The Balaban J connectivity index is 3.67. The molecule has 0 rings (SSSR count). The first-order valence-corrected chi connectivity index (χ1v) is 10.6. The number of hydrogen-bond acceptors (Lipinski definition) is 0. The Kier molecular flexibility index (Phi) is 12.8. The van der Waals surface area contributed by atoms with Gasteiger partial charge in [-0.1, -0.05) is 78.2 Å². The van der Waals surface area contributed by atoms with Crippen molar-refractivity contribution >= 4 is 0 Å². The lowest BCUT2D eigenvalue weighted by atomic mass is 9.91. The second kappa shape index (κ2) is 13.0. The predicted octanol–water partition coefficient (Wildman–Crippen LogP) is 7.08. The maximum atomic E-state index is 2.45. The van der Waals surface area contributed by atoms with Gasteiger partial charge in [0.05, 0.1) is 27.7 Å². The minimum absolute atomic E-state index is 0.872. The maximum absolute atomic E-state index is 2.45. The molecule has 24 heavy (non-hydrogen) atoms. The van der Waals surface area contributed by atoms with Crippen molar-refractivity contribution in [2.75, 3.05) is 27.7 Å². The van der Waals surface area contributed by atoms with Crippen molar-refractivity contribution in [1.29, 1.82) is 0 Å². The summed E-state index contributed by atoms with van der Waals surface area (Å²) in [6, 6.07) is 0. The highest BCUT2D eigenvalue weighted by molar-refractivity contribution is 4.97. The molecule has 0 amide bonds. The number of nitrogens with zero attached hydrogens (tertiary/aromatic N) is 1. The van der Waals surface area contributed by atoms with Crippen LogP contribution in [0.15, 0.2) is 11.6 Å². The van der Waals surface area contributed by atoms with E-state index in [9.17, 15) is 0 Å². The molecule has 0 saturated carbocycles. The molecule has 2 atom stereocenters. The second-order valence-corrected chi connectivity index (χ2v) is 9.88. The maximum Gasteiger partial charge on any atom is 0.0970 e. The third-order valence-corrected chi connectivity index (χ3v) is 5.13. The summed E-state index contributed by atoms with van der Waals surface area (Å²) < 4.78 is 1.03. The van der Waals surface area contributed by atoms with Gasteiger partial charge >= 0.3 is 0 Å². The normalized spacial score (nSPS) is 15.8. The fourth-order valence-electron chi connectivity index (χ4n) is 3.24. The lowest BCUT2D eigenvalue weighted by molar-refractivity contribution is -0.864. The number of allylic oxidation sites excluding steroid dienone is 1. The van der Waals surface area contributed by atoms with Gasteiger partial charge in [0.15, 0.2) is 0 Å². The molecule has 0 aromatic carbocycles. The van der Waals surface area contributed by atoms with Crippen molar-refractivity contribution in [3.05, 3.63) is 11.6 Å². The van der Waals surface area contributed by atoms with Gasteiger partial charge in [-0.25, -0.2) is 0 Å². The summed E-state index contributed by atoms with van der Waals surface area (Å²) in [5.74, 6) is 2.70. The summed E-state index contributed by atoms with van der Waals surface area (Å²) in [6.07, 6.45) is 15.0. The molecule has 0 radical (unpaired) electrons. The quantitative estimate of drug-likeness (QED) is 0.234. The largest absolute Gasteiger partial charge is 0.328 e. The van der Waals surface area contributed by atoms with Crippen LogP contribution in [0.4, 0.5) is 0 Å². The monoisotopic (exact) mass is 338 g/mol. The molecular formula is C23H48N+. The topological polar surface area (TPSA) is 0 Å². The third kappa shape index (κ3) is 16.6. The summed E-state index contributed by atoms with van der Waals surface area (Å²) in [7, 11) is 6.78. The number of quaternary nitrogens is 1. The molecular weight excluding hydrogens is 290 g/mol. The van der Waals surface area contributed by atoms with Crippen LogP contribution in [0.1, 0.15) is 92.4 Å². The van der Waals surface area contributed by atoms with Crippen LogP contribution >= 0.6 is 0 Å². The van der Waals surface area contributed by atoms with E-state index in [2.05, 4.69) is 61.8 Å². The van der Waals surface area contributed by atoms with Crippen molar-refractivity contribution in [3.8, 4) is 0 Å². The summed E-state index contributed by atoms with van der Waals surface area (Å²) in [5, 5.41) is 0. The minimum atomic E-state index is 0.872. The van der Waals surface area contributed by atoms with Gasteiger partial charge < -0.3 is 4.48 Å². The first-order valence-electron chi connectivity index (χ1n) is 10.6. The van der Waals surface area contributed by atoms with E-state index in [1.165, 1.54) is 57.8 Å². The van der Waals surface area contributed by atoms with E-state index in [-0.39, 0.29) is 0 Å². The SMILES string of the molecule is CC(=CC[N+](C)(C)C)CCCC(C)CCCC(C)CCCC(C)C. The molecule has 0 N–H and O–H groups in total. The second-order valence-electron chi connectivity index (χ2n) is 9.88. The van der Waals surface area contributed by atoms with Crippen molar-refractivity contribution in [2.24, 2.45) is 17.8 Å². The van der Waals surface area contributed by atoms with Gasteiger partial charge in [-0.3, -0.25) is 0 Å². The zero-order valence-corrected chi connectivity index (χ0v) is 18.3. The molecule has 1 heteroatoms. The van der Waals surface area contributed by atoms with Crippen LogP contribution in [-0.2, 0) is 0 Å². The Morgan fingerprint density at radius 1 is 0.750 bits per heavy atom. The molecule has 144 valence electrons. The molecule has 2 unspecified atom stereocenters. The minimum Gasteiger partial charge on any atom is -0.328 e. The fraction of sp³-hybridized carbons (Fsp3) is 0.913. The van der Waals surface area contributed by atoms with Gasteiger partial charge in [-0.05, 0) is 43.6 Å². The average Bonchev–Trinajstić information content (AvgIpc) is 2.44. The Morgan fingerprint density at radius 2 is 1.21 bits per heavy atom. The van der Waals surface area contributed by atoms with Gasteiger partial charge in [-0.2, -0.15) is 0 Å². The standard InChI is InChI=1S/C23H48N/c1-20(2)12-9-13-21(3)14-10-15-22(4)16-11-17-23(5)18-19-24(6,7)8/h18,20-22H,9-17,19H2,1-8H3/q+1. The highest BCUT2D eigenvalue weighted by atomic mass is 15.3. The molecule has 0 aliphatic heterocycles. The number of hydrogen-bond donors (Lipinski definition) is 0. The molecule has 1 nitrogen and oxygen atoms in total. The molecule has 0 aliphatic rings. The Morgan fingerprint density at radius 3 is 1.67 bits per heavy atom. The van der Waals surface area contributed by atoms with Crippen LogP contribution in [0.3, 0.4) is 0 Å². The summed E-state index contributed by atoms with van der Waals surface area (Å²) in [6.45, 7) is 13.0. The van der Waals surface area contributed by atoms with Gasteiger partial charge in [0.1, 0.15) is 0 Å². The molecule has 0 spiro atoms. The summed E-state index contributed by atoms with van der Waals surface area (Å²) in [5.41, 5.74) is 1.58. The molecule has 0 aromatic heterocycles. The van der Waals surface area contributed by atoms with Gasteiger partial charge in [0, 0.05) is 0 Å². The van der Waals surface area contributed by atoms with Crippen LogP contribution in [0.5, 0.6) is 0 Å². The highest BCUT2D eigenvalue weighted by Crippen LogP contribution is 2.22. The first-order chi connectivity index (χ1) is 11.1. The van der Waals surface area contributed by atoms with E-state index < -0.39 is 0 Å². The Labute approximate surface area is 154 Å². The lowest BCUT2D eigenvalue weighted by Gasteiger charge is -2.22. The molecule has 0 aliphatic carbocycles. The highest BCUT2D eigenvalue weighted by Gasteiger charge is 2.07. The molecule has 0 fully saturated rings. The van der Waals surface area contributed by atoms with Crippen LogP contribution in [0.25, 0.3) is 0 Å². The van der Waals surface area contributed by atoms with Crippen LogP contribution < -0.4 is 0 Å². The zero-order chi connectivity index (χ0) is 18.6. The van der Waals surface area contributed by atoms with E-state index in [4.69, 9.17) is 0 Å². The average molecular weight is 339 g/mol. The van der Waals surface area contributed by atoms with Crippen LogP contribution in [-0.4, -0.2) is 32.2 Å². The van der Waals surface area contributed by atoms with E-state index in [1.54, 1.807) is 5.57 Å². The Bertz CT molecular complexity index is 321. The van der Waals surface area contributed by atoms with Gasteiger partial charge in [0.2, 0.25) is 0 Å². The van der Waals surface area contributed by atoms with E-state index >= 15 is 0 Å². The van der Waals surface area contributed by atoms with Crippen molar-refractivity contribution in [2.45, 2.75) is 92.4 Å². The number of rotatable bonds is 14. The van der Waals surface area contributed by atoms with E-state index in [0.29, 0.717) is 0 Å². The van der Waals surface area contributed by atoms with Crippen LogP contribution in [0, 0.1) is 17.8 Å². The molecule has 0 bridgehead atoms. The lowest BCUT2D eigenvalue weighted by Crippen LogP contribution is -2.34.